The average molecular weight is 323 g/mol. The van der Waals surface area contributed by atoms with E-state index >= 15 is 0 Å². The van der Waals surface area contributed by atoms with Crippen LogP contribution in [-0.4, -0.2) is 23.2 Å². The van der Waals surface area contributed by atoms with Crippen molar-refractivity contribution in [3.8, 4) is 5.75 Å². The normalized spacial score (nSPS) is 13.4. The van der Waals surface area contributed by atoms with Crippen LogP contribution in [0.2, 0.25) is 0 Å². The number of likely N-dealkylation sites (N-methyl/N-ethyl adjacent to an activating group) is 1. The van der Waals surface area contributed by atoms with Gasteiger partial charge >= 0.3 is 0 Å². The molecule has 124 valence electrons. The van der Waals surface area contributed by atoms with E-state index in [0.29, 0.717) is 18.1 Å². The fourth-order valence-corrected chi connectivity index (χ4v) is 2.36. The molecule has 0 radical (unpaired) electrons. The summed E-state index contributed by atoms with van der Waals surface area (Å²) in [4.78, 5) is 4.53. The molecule has 3 aromatic rings. The predicted molar refractivity (Wildman–Crippen MR) is 91.9 cm³/mol. The highest BCUT2D eigenvalue weighted by atomic mass is 16.5. The molecule has 0 amide bonds. The Bertz CT molecular complexity index is 744. The van der Waals surface area contributed by atoms with Crippen LogP contribution in [0.4, 0.5) is 0 Å². The maximum atomic E-state index is 6.12. The minimum absolute atomic E-state index is 0.278. The van der Waals surface area contributed by atoms with Gasteiger partial charge in [-0.2, -0.15) is 4.98 Å². The number of ether oxygens (including phenoxy) is 1. The lowest BCUT2D eigenvalue weighted by molar-refractivity contribution is 0.193. The van der Waals surface area contributed by atoms with Crippen molar-refractivity contribution < 1.29 is 9.26 Å². The van der Waals surface area contributed by atoms with Crippen molar-refractivity contribution in [3.63, 3.8) is 0 Å². The van der Waals surface area contributed by atoms with Gasteiger partial charge in [-0.3, -0.25) is 0 Å². The van der Waals surface area contributed by atoms with Crippen molar-refractivity contribution in [1.29, 1.82) is 0 Å². The van der Waals surface area contributed by atoms with Crippen LogP contribution in [-0.2, 0) is 6.42 Å². The number of hydrogen-bond acceptors (Lipinski definition) is 5. The zero-order valence-electron chi connectivity index (χ0n) is 13.8. The Morgan fingerprint density at radius 1 is 1.04 bits per heavy atom. The Hall–Kier alpha value is -2.66. The van der Waals surface area contributed by atoms with E-state index in [-0.39, 0.29) is 6.04 Å². The standard InChI is InChI=1S/C19H21N3O2/c1-14(20-2)13-17-21-19(24-22-17)18(15-9-5-3-6-10-15)23-16-11-7-4-8-12-16/h3-12,14,18,20H,13H2,1-2H3. The van der Waals surface area contributed by atoms with Crippen LogP contribution in [0.1, 0.15) is 30.3 Å². The molecule has 0 fully saturated rings. The van der Waals surface area contributed by atoms with Crippen LogP contribution in [0.5, 0.6) is 5.75 Å². The van der Waals surface area contributed by atoms with Gasteiger partial charge in [-0.1, -0.05) is 53.7 Å². The van der Waals surface area contributed by atoms with E-state index in [0.717, 1.165) is 11.3 Å². The van der Waals surface area contributed by atoms with Gasteiger partial charge in [0.05, 0.1) is 0 Å². The molecule has 0 aliphatic heterocycles. The van der Waals surface area contributed by atoms with Gasteiger partial charge in [-0.25, -0.2) is 0 Å². The molecule has 1 heterocycles. The first-order valence-electron chi connectivity index (χ1n) is 8.02. The molecule has 5 heteroatoms. The van der Waals surface area contributed by atoms with E-state index in [1.807, 2.05) is 67.7 Å². The average Bonchev–Trinajstić information content (AvgIpc) is 3.09. The summed E-state index contributed by atoms with van der Waals surface area (Å²) in [5.41, 5.74) is 0.971. The van der Waals surface area contributed by atoms with E-state index in [2.05, 4.69) is 22.4 Å². The number of aromatic nitrogens is 2. The molecule has 0 bridgehead atoms. The van der Waals surface area contributed by atoms with Crippen LogP contribution in [0.3, 0.4) is 0 Å². The highest BCUT2D eigenvalue weighted by molar-refractivity contribution is 5.27. The molecule has 0 saturated heterocycles. The lowest BCUT2D eigenvalue weighted by Crippen LogP contribution is -2.24. The maximum absolute atomic E-state index is 6.12. The molecular formula is C19H21N3O2. The van der Waals surface area contributed by atoms with Gasteiger partial charge < -0.3 is 14.6 Å². The van der Waals surface area contributed by atoms with Crippen LogP contribution < -0.4 is 10.1 Å². The minimum atomic E-state index is -0.431. The molecule has 0 spiro atoms. The molecule has 0 aliphatic carbocycles. The molecule has 5 nitrogen and oxygen atoms in total. The summed E-state index contributed by atoms with van der Waals surface area (Å²) in [6.45, 7) is 2.07. The summed E-state index contributed by atoms with van der Waals surface area (Å²) in [6.07, 6.45) is 0.270. The summed E-state index contributed by atoms with van der Waals surface area (Å²) in [5, 5.41) is 7.26. The number of nitrogens with one attached hydrogen (secondary N) is 1. The topological polar surface area (TPSA) is 60.2 Å². The monoisotopic (exact) mass is 323 g/mol. The lowest BCUT2D eigenvalue weighted by Gasteiger charge is -2.15. The molecule has 2 unspecified atom stereocenters. The summed E-state index contributed by atoms with van der Waals surface area (Å²) in [7, 11) is 1.91. The first kappa shape index (κ1) is 16.2. The molecule has 0 saturated carbocycles. The smallest absolute Gasteiger partial charge is 0.272 e. The fourth-order valence-electron chi connectivity index (χ4n) is 2.36. The second-order valence-electron chi connectivity index (χ2n) is 5.66. The largest absolute Gasteiger partial charge is 0.476 e. The van der Waals surface area contributed by atoms with Crippen molar-refractivity contribution >= 4 is 0 Å². The zero-order valence-corrected chi connectivity index (χ0v) is 13.8. The molecule has 0 aliphatic rings. The molecule has 24 heavy (non-hydrogen) atoms. The summed E-state index contributed by atoms with van der Waals surface area (Å²) >= 11 is 0. The van der Waals surface area contributed by atoms with Gasteiger partial charge in [0.25, 0.3) is 5.89 Å². The second-order valence-corrected chi connectivity index (χ2v) is 5.66. The minimum Gasteiger partial charge on any atom is -0.476 e. The van der Waals surface area contributed by atoms with E-state index < -0.39 is 6.10 Å². The quantitative estimate of drug-likeness (QED) is 0.722. The molecule has 2 aromatic carbocycles. The van der Waals surface area contributed by atoms with Crippen LogP contribution in [0.15, 0.2) is 65.2 Å². The Kier molecular flexibility index (Phi) is 5.23. The molecular weight excluding hydrogens is 302 g/mol. The van der Waals surface area contributed by atoms with Crippen molar-refractivity contribution in [3.05, 3.63) is 77.9 Å². The maximum Gasteiger partial charge on any atom is 0.272 e. The van der Waals surface area contributed by atoms with Gasteiger partial charge in [-0.15, -0.1) is 0 Å². The number of nitrogens with zero attached hydrogens (tertiary/aromatic N) is 2. The first-order chi connectivity index (χ1) is 11.8. The van der Waals surface area contributed by atoms with E-state index in [1.165, 1.54) is 0 Å². The van der Waals surface area contributed by atoms with E-state index in [4.69, 9.17) is 9.26 Å². The van der Waals surface area contributed by atoms with Gasteiger partial charge in [0, 0.05) is 18.0 Å². The highest BCUT2D eigenvalue weighted by Gasteiger charge is 2.23. The van der Waals surface area contributed by atoms with Gasteiger partial charge in [0.15, 0.2) is 5.82 Å². The highest BCUT2D eigenvalue weighted by Crippen LogP contribution is 2.27. The molecule has 1 N–H and O–H groups in total. The van der Waals surface area contributed by atoms with Crippen LogP contribution in [0, 0.1) is 0 Å². The lowest BCUT2D eigenvalue weighted by atomic mass is 10.1. The number of rotatable bonds is 7. The summed E-state index contributed by atoms with van der Waals surface area (Å²) < 4.78 is 11.6. The van der Waals surface area contributed by atoms with Crippen molar-refractivity contribution in [2.45, 2.75) is 25.5 Å². The Morgan fingerprint density at radius 2 is 1.71 bits per heavy atom. The van der Waals surface area contributed by atoms with E-state index in [9.17, 15) is 0 Å². The van der Waals surface area contributed by atoms with Gasteiger partial charge in [-0.05, 0) is 26.1 Å². The Balaban J connectivity index is 1.87. The molecule has 3 rings (SSSR count). The first-order valence-corrected chi connectivity index (χ1v) is 8.02. The van der Waals surface area contributed by atoms with Crippen molar-refractivity contribution in [1.82, 2.24) is 15.5 Å². The van der Waals surface area contributed by atoms with Gasteiger partial charge in [0.1, 0.15) is 5.75 Å². The third kappa shape index (κ3) is 4.00. The third-order valence-corrected chi connectivity index (χ3v) is 3.79. The molecule has 1 aromatic heterocycles. The summed E-state index contributed by atoms with van der Waals surface area (Å²) in [6, 6.07) is 19.8. The SMILES string of the molecule is CNC(C)Cc1noc(C(Oc2ccccc2)c2ccccc2)n1. The zero-order chi connectivity index (χ0) is 16.8. The fraction of sp³-hybridized carbons (Fsp3) is 0.263. The Morgan fingerprint density at radius 3 is 2.38 bits per heavy atom. The molecule has 2 atom stereocenters. The van der Waals surface area contributed by atoms with Crippen LogP contribution >= 0.6 is 0 Å². The van der Waals surface area contributed by atoms with E-state index in [1.54, 1.807) is 0 Å². The number of para-hydroxylation sites is 1. The summed E-state index contributed by atoms with van der Waals surface area (Å²) in [5.74, 6) is 1.89. The van der Waals surface area contributed by atoms with Gasteiger partial charge in [0.2, 0.25) is 6.10 Å². The van der Waals surface area contributed by atoms with Crippen molar-refractivity contribution in [2.24, 2.45) is 0 Å². The third-order valence-electron chi connectivity index (χ3n) is 3.79. The van der Waals surface area contributed by atoms with Crippen LogP contribution in [0.25, 0.3) is 0 Å². The number of hydrogen-bond donors (Lipinski definition) is 1. The Labute approximate surface area is 141 Å². The number of benzene rings is 2. The predicted octanol–water partition coefficient (Wildman–Crippen LogP) is 3.39. The second kappa shape index (κ2) is 7.75. The van der Waals surface area contributed by atoms with Crippen molar-refractivity contribution in [2.75, 3.05) is 7.05 Å².